The first-order chi connectivity index (χ1) is 31.0. The fraction of sp³-hybridized carbons (Fsp3) is 0.549. The summed E-state index contributed by atoms with van der Waals surface area (Å²) in [5, 5.41) is 19.9. The van der Waals surface area contributed by atoms with Crippen molar-refractivity contribution in [3.05, 3.63) is 71.5 Å². The Kier molecular flexibility index (Phi) is 14.5. The Morgan fingerprint density at radius 3 is 2.54 bits per heavy atom. The van der Waals surface area contributed by atoms with E-state index < -0.39 is 29.5 Å². The molecular weight excluding hydrogens is 823 g/mol. The van der Waals surface area contributed by atoms with E-state index in [-0.39, 0.29) is 48.7 Å². The van der Waals surface area contributed by atoms with Gasteiger partial charge in [0.15, 0.2) is 0 Å². The number of benzene rings is 2. The summed E-state index contributed by atoms with van der Waals surface area (Å²) in [5.41, 5.74) is 9.99. The number of methoxy groups -OCH3 is 1. The summed E-state index contributed by atoms with van der Waals surface area (Å²) in [5.74, 6) is 1.29. The van der Waals surface area contributed by atoms with E-state index in [2.05, 4.69) is 72.6 Å². The molecule has 2 aromatic carbocycles. The van der Waals surface area contributed by atoms with Gasteiger partial charge in [-0.2, -0.15) is 0 Å². The number of nitrogens with one attached hydrogen (secondary N) is 3. The average Bonchev–Trinajstić information content (AvgIpc) is 3.56. The van der Waals surface area contributed by atoms with Crippen molar-refractivity contribution in [3.63, 3.8) is 0 Å². The molecule has 4 N–H and O–H groups in total. The highest BCUT2D eigenvalue weighted by Gasteiger charge is 2.55. The molecule has 1 aliphatic carbocycles. The van der Waals surface area contributed by atoms with Gasteiger partial charge in [-0.1, -0.05) is 46.8 Å². The number of phenolic OH excluding ortho intramolecular Hbond substituents is 1. The van der Waals surface area contributed by atoms with E-state index in [1.807, 2.05) is 51.9 Å². The maximum Gasteiger partial charge on any atom is 0.324 e. The number of aromatic hydroxyl groups is 1. The second kappa shape index (κ2) is 19.8. The highest BCUT2D eigenvalue weighted by Crippen LogP contribution is 2.50. The van der Waals surface area contributed by atoms with Gasteiger partial charge in [-0.15, -0.1) is 0 Å². The van der Waals surface area contributed by atoms with Crippen molar-refractivity contribution in [2.45, 2.75) is 111 Å². The number of aromatic nitrogens is 2. The van der Waals surface area contributed by atoms with Gasteiger partial charge >= 0.3 is 5.97 Å². The number of carbonyl (C=O) groups is 4. The first-order valence-electron chi connectivity index (χ1n) is 23.3. The van der Waals surface area contributed by atoms with Crippen LogP contribution in [-0.2, 0) is 48.0 Å². The lowest BCUT2D eigenvalue weighted by atomic mass is 9.84. The molecule has 350 valence electrons. The van der Waals surface area contributed by atoms with Gasteiger partial charge in [0.25, 0.3) is 5.91 Å². The van der Waals surface area contributed by atoms with Crippen molar-refractivity contribution in [1.29, 1.82) is 0 Å². The number of phenols is 1. The zero-order valence-electron chi connectivity index (χ0n) is 39.8. The summed E-state index contributed by atoms with van der Waals surface area (Å²) in [6.45, 7) is 16.8. The average molecular weight is 892 g/mol. The molecule has 1 saturated carbocycles. The Labute approximate surface area is 383 Å². The van der Waals surface area contributed by atoms with Crippen molar-refractivity contribution in [2.24, 2.45) is 29.1 Å². The SMILES string of the molecule is CC1C2CNC(C=O)C12.CCn1c(-c2cccnc2C(C)OC)c2c3cc(ccc31)-c1cc(O)cc(c1)CC(NC(=O)C(C(C)C)N(C)C)C(=O)N1CCC[C@H](N1)C(=O)OCC(C)(C)C2. The second-order valence-electron chi connectivity index (χ2n) is 19.9. The van der Waals surface area contributed by atoms with Gasteiger partial charge in [-0.05, 0) is 136 Å². The van der Waals surface area contributed by atoms with E-state index in [1.165, 1.54) is 5.01 Å². The molecule has 0 spiro atoms. The number of hydrazine groups is 1. The fourth-order valence-corrected chi connectivity index (χ4v) is 10.5. The van der Waals surface area contributed by atoms with E-state index >= 15 is 0 Å². The smallest absolute Gasteiger partial charge is 0.324 e. The second-order valence-corrected chi connectivity index (χ2v) is 19.9. The van der Waals surface area contributed by atoms with Gasteiger partial charge in [-0.3, -0.25) is 29.3 Å². The Bertz CT molecular complexity index is 2390. The minimum atomic E-state index is -0.975. The van der Waals surface area contributed by atoms with Crippen molar-refractivity contribution in [2.75, 3.05) is 40.9 Å². The lowest BCUT2D eigenvalue weighted by molar-refractivity contribution is -0.155. The molecule has 4 aliphatic rings. The van der Waals surface area contributed by atoms with Crippen LogP contribution in [0.25, 0.3) is 33.3 Å². The molecule has 2 aromatic heterocycles. The summed E-state index contributed by atoms with van der Waals surface area (Å²) >= 11 is 0. The predicted octanol–water partition coefficient (Wildman–Crippen LogP) is 6.08. The monoisotopic (exact) mass is 892 g/mol. The van der Waals surface area contributed by atoms with E-state index in [4.69, 9.17) is 14.5 Å². The number of esters is 1. The molecule has 8 atom stereocenters. The van der Waals surface area contributed by atoms with Crippen LogP contribution in [0, 0.1) is 29.1 Å². The molecule has 14 nitrogen and oxygen atoms in total. The summed E-state index contributed by atoms with van der Waals surface area (Å²) in [4.78, 5) is 58.8. The standard InChI is InChI=1S/C44H58N6O6.C7H11NO/c1-10-49-37-16-15-29-23-33(37)34(40(49)32-13-11-17-45-38(32)27(4)55-9)24-44(5,6)25-56-43(54)35-14-12-18-50(47-35)42(53)36(21-28-19-30(29)22-31(51)20-28)46-41(52)39(26(2)3)48(7)8;1-4-5-2-8-6(3-9)7(4)5/h11,13,15-17,19-20,22-23,26-27,35-36,39,47,51H,10,12,14,18,21,24-25H2,1-9H3,(H,46,52);3-8H,2H2,1H3/t27?,35-,36?,39?;/m0./s1. The van der Waals surface area contributed by atoms with Crippen molar-refractivity contribution in [1.82, 2.24) is 35.5 Å². The molecule has 65 heavy (non-hydrogen) atoms. The van der Waals surface area contributed by atoms with Crippen molar-refractivity contribution < 1.29 is 33.8 Å². The highest BCUT2D eigenvalue weighted by molar-refractivity contribution is 5.96. The van der Waals surface area contributed by atoms with Crippen LogP contribution in [0.4, 0.5) is 0 Å². The molecule has 4 aromatic rings. The number of rotatable bonds is 9. The molecule has 8 rings (SSSR count). The number of carbonyl (C=O) groups excluding carboxylic acids is 4. The number of nitrogens with zero attached hydrogens (tertiary/aromatic N) is 4. The normalized spacial score (nSPS) is 25.0. The number of amides is 2. The van der Waals surface area contributed by atoms with Gasteiger partial charge < -0.3 is 34.6 Å². The molecule has 5 heterocycles. The Morgan fingerprint density at radius 1 is 1.12 bits per heavy atom. The number of hydrogen-bond donors (Lipinski definition) is 4. The predicted molar refractivity (Wildman–Crippen MR) is 252 cm³/mol. The number of ether oxygens (including phenoxy) is 2. The molecule has 2 amide bonds. The first kappa shape index (κ1) is 47.8. The third-order valence-corrected chi connectivity index (χ3v) is 13.9. The van der Waals surface area contributed by atoms with Crippen LogP contribution in [0.2, 0.25) is 0 Å². The van der Waals surface area contributed by atoms with E-state index in [1.54, 1.807) is 25.4 Å². The van der Waals surface area contributed by atoms with Crippen molar-refractivity contribution in [3.8, 4) is 28.1 Å². The van der Waals surface area contributed by atoms with E-state index in [0.29, 0.717) is 43.8 Å². The zero-order chi connectivity index (χ0) is 46.9. The van der Waals surface area contributed by atoms with Crippen LogP contribution in [0.15, 0.2) is 54.7 Å². The summed E-state index contributed by atoms with van der Waals surface area (Å²) in [6.07, 6.45) is 4.38. The maximum absolute atomic E-state index is 14.4. The first-order valence-corrected chi connectivity index (χ1v) is 23.3. The van der Waals surface area contributed by atoms with Crippen LogP contribution in [0.3, 0.4) is 0 Å². The zero-order valence-corrected chi connectivity index (χ0v) is 39.8. The van der Waals surface area contributed by atoms with Gasteiger partial charge in [0.1, 0.15) is 24.1 Å². The van der Waals surface area contributed by atoms with E-state index in [0.717, 1.165) is 69.2 Å². The van der Waals surface area contributed by atoms with Gasteiger partial charge in [0.05, 0.1) is 36.2 Å². The number of pyridine rings is 1. The van der Waals surface area contributed by atoms with E-state index in [9.17, 15) is 24.3 Å². The van der Waals surface area contributed by atoms with Crippen LogP contribution in [-0.4, -0.2) is 114 Å². The number of likely N-dealkylation sites (N-methyl/N-ethyl adjacent to an activating group) is 1. The number of fused-ring (bicyclic) bond motifs is 7. The largest absolute Gasteiger partial charge is 0.508 e. The Morgan fingerprint density at radius 2 is 1.89 bits per heavy atom. The number of cyclic esters (lactones) is 1. The number of hydrogen-bond acceptors (Lipinski definition) is 11. The van der Waals surface area contributed by atoms with Crippen LogP contribution < -0.4 is 16.1 Å². The quantitative estimate of drug-likeness (QED) is 0.114. The minimum Gasteiger partial charge on any atom is -0.508 e. The Hall–Kier alpha value is -5.15. The topological polar surface area (TPSA) is 167 Å². The van der Waals surface area contributed by atoms with Crippen LogP contribution in [0.1, 0.15) is 84.2 Å². The molecule has 2 saturated heterocycles. The van der Waals surface area contributed by atoms with Crippen LogP contribution in [0.5, 0.6) is 5.75 Å². The summed E-state index contributed by atoms with van der Waals surface area (Å²) in [7, 11) is 5.37. The summed E-state index contributed by atoms with van der Waals surface area (Å²) in [6, 6.07) is 13.7. The number of piperidine rings is 1. The third kappa shape index (κ3) is 10.2. The molecule has 14 heteroatoms. The third-order valence-electron chi connectivity index (χ3n) is 13.9. The van der Waals surface area contributed by atoms with Crippen molar-refractivity contribution >= 4 is 35.0 Å². The molecular formula is C51H69N7O7. The fourth-order valence-electron chi connectivity index (χ4n) is 10.5. The summed E-state index contributed by atoms with van der Waals surface area (Å²) < 4.78 is 14.2. The number of aldehydes is 1. The molecule has 6 bridgehead atoms. The molecule has 3 aliphatic heterocycles. The minimum absolute atomic E-state index is 0.0146. The van der Waals surface area contributed by atoms with Crippen LogP contribution >= 0.6 is 0 Å². The molecule has 3 fully saturated rings. The lowest BCUT2D eigenvalue weighted by Crippen LogP contribution is -2.61. The highest BCUT2D eigenvalue weighted by atomic mass is 16.5. The Balaban J connectivity index is 0.000000617. The molecule has 7 unspecified atom stereocenters. The lowest BCUT2D eigenvalue weighted by Gasteiger charge is -2.36. The van der Waals surface area contributed by atoms with Gasteiger partial charge in [-0.25, -0.2) is 5.43 Å². The maximum atomic E-state index is 14.4. The number of aryl methyl sites for hydroxylation is 1. The van der Waals surface area contributed by atoms with Gasteiger partial charge in [0, 0.05) is 54.7 Å². The molecule has 0 radical (unpaired) electrons. The van der Waals surface area contributed by atoms with Gasteiger partial charge in [0.2, 0.25) is 5.91 Å².